The van der Waals surface area contributed by atoms with E-state index in [0.29, 0.717) is 24.4 Å². The quantitative estimate of drug-likeness (QED) is 0.592. The minimum absolute atomic E-state index is 0.0372. The highest BCUT2D eigenvalue weighted by atomic mass is 32.1. The summed E-state index contributed by atoms with van der Waals surface area (Å²) >= 11 is 1.39. The van der Waals surface area contributed by atoms with Crippen molar-refractivity contribution in [1.82, 2.24) is 16.0 Å². The van der Waals surface area contributed by atoms with E-state index in [0.717, 1.165) is 19.5 Å². The first-order valence-corrected chi connectivity index (χ1v) is 7.41. The van der Waals surface area contributed by atoms with Gasteiger partial charge in [0.2, 0.25) is 5.91 Å². The Morgan fingerprint density at radius 1 is 1.16 bits per heavy atom. The molecule has 0 saturated heterocycles. The molecule has 1 rings (SSSR count). The molecule has 2 amide bonds. The van der Waals surface area contributed by atoms with Crippen LogP contribution in [0.5, 0.6) is 0 Å². The molecule has 19 heavy (non-hydrogen) atoms. The van der Waals surface area contributed by atoms with Crippen molar-refractivity contribution < 1.29 is 9.59 Å². The zero-order valence-corrected chi connectivity index (χ0v) is 12.0. The second-order valence-electron chi connectivity index (χ2n) is 4.08. The topological polar surface area (TPSA) is 70.2 Å². The molecule has 0 aromatic carbocycles. The lowest BCUT2D eigenvalue weighted by Gasteiger charge is -2.06. The summed E-state index contributed by atoms with van der Waals surface area (Å²) in [5.41, 5.74) is 0. The average molecular weight is 283 g/mol. The standard InChI is InChI=1S/C13H21N3O2S/c1-2-6-14-8-9-15-12(17)5-7-16-13(18)11-4-3-10-19-11/h3-4,10,14H,2,5-9H2,1H3,(H,15,17)(H,16,18). The lowest BCUT2D eigenvalue weighted by atomic mass is 10.3. The van der Waals surface area contributed by atoms with Crippen molar-refractivity contribution in [1.29, 1.82) is 0 Å². The maximum absolute atomic E-state index is 11.6. The van der Waals surface area contributed by atoms with Crippen LogP contribution in [0.4, 0.5) is 0 Å². The third-order valence-corrected chi connectivity index (χ3v) is 3.30. The van der Waals surface area contributed by atoms with E-state index >= 15 is 0 Å². The SMILES string of the molecule is CCCNCCNC(=O)CCNC(=O)c1cccs1. The lowest BCUT2D eigenvalue weighted by Crippen LogP contribution is -2.34. The van der Waals surface area contributed by atoms with Crippen molar-refractivity contribution in [2.24, 2.45) is 0 Å². The van der Waals surface area contributed by atoms with Crippen molar-refractivity contribution >= 4 is 23.2 Å². The van der Waals surface area contributed by atoms with Crippen molar-refractivity contribution in [3.63, 3.8) is 0 Å². The van der Waals surface area contributed by atoms with E-state index in [4.69, 9.17) is 0 Å². The summed E-state index contributed by atoms with van der Waals surface area (Å²) in [4.78, 5) is 23.7. The fourth-order valence-corrected chi connectivity index (χ4v) is 2.10. The van der Waals surface area contributed by atoms with Gasteiger partial charge >= 0.3 is 0 Å². The minimum Gasteiger partial charge on any atom is -0.355 e. The molecule has 0 saturated carbocycles. The van der Waals surface area contributed by atoms with E-state index in [1.54, 1.807) is 6.07 Å². The molecular formula is C13H21N3O2S. The van der Waals surface area contributed by atoms with Crippen molar-refractivity contribution in [2.75, 3.05) is 26.2 Å². The first-order valence-electron chi connectivity index (χ1n) is 6.53. The third-order valence-electron chi connectivity index (χ3n) is 2.43. The number of thiophene rings is 1. The van der Waals surface area contributed by atoms with E-state index < -0.39 is 0 Å². The first-order chi connectivity index (χ1) is 9.24. The van der Waals surface area contributed by atoms with Gasteiger partial charge in [-0.25, -0.2) is 0 Å². The minimum atomic E-state index is -0.118. The first kappa shape index (κ1) is 15.7. The molecule has 0 aliphatic rings. The molecule has 1 heterocycles. The molecule has 106 valence electrons. The molecule has 0 spiro atoms. The van der Waals surface area contributed by atoms with Crippen LogP contribution in [0.2, 0.25) is 0 Å². The highest BCUT2D eigenvalue weighted by molar-refractivity contribution is 7.12. The zero-order chi connectivity index (χ0) is 13.9. The summed E-state index contributed by atoms with van der Waals surface area (Å²) in [6.07, 6.45) is 1.40. The Morgan fingerprint density at radius 2 is 2.00 bits per heavy atom. The molecule has 1 aromatic heterocycles. The Kier molecular flexibility index (Phi) is 7.84. The third kappa shape index (κ3) is 6.93. The van der Waals surface area contributed by atoms with E-state index in [9.17, 15) is 9.59 Å². The van der Waals surface area contributed by atoms with Crippen molar-refractivity contribution in [3.8, 4) is 0 Å². The van der Waals surface area contributed by atoms with Crippen LogP contribution in [0.1, 0.15) is 29.4 Å². The Hall–Kier alpha value is -1.40. The van der Waals surface area contributed by atoms with Gasteiger partial charge in [0.15, 0.2) is 0 Å². The second-order valence-corrected chi connectivity index (χ2v) is 5.03. The van der Waals surface area contributed by atoms with Crippen LogP contribution in [-0.4, -0.2) is 38.0 Å². The number of hydrogen-bond acceptors (Lipinski definition) is 4. The molecule has 0 atom stereocenters. The maximum atomic E-state index is 11.6. The molecule has 0 radical (unpaired) electrons. The monoisotopic (exact) mass is 283 g/mol. The fourth-order valence-electron chi connectivity index (χ4n) is 1.46. The van der Waals surface area contributed by atoms with Crippen LogP contribution >= 0.6 is 11.3 Å². The number of nitrogens with one attached hydrogen (secondary N) is 3. The van der Waals surface area contributed by atoms with Crippen LogP contribution in [0.25, 0.3) is 0 Å². The molecular weight excluding hydrogens is 262 g/mol. The smallest absolute Gasteiger partial charge is 0.261 e. The number of carbonyl (C=O) groups is 2. The average Bonchev–Trinajstić information content (AvgIpc) is 2.92. The van der Waals surface area contributed by atoms with E-state index in [1.165, 1.54) is 11.3 Å². The zero-order valence-electron chi connectivity index (χ0n) is 11.2. The molecule has 0 aliphatic carbocycles. The summed E-state index contributed by atoms with van der Waals surface area (Å²) in [7, 11) is 0. The van der Waals surface area contributed by atoms with Gasteiger partial charge in [0.25, 0.3) is 5.91 Å². The van der Waals surface area contributed by atoms with Crippen LogP contribution in [0.3, 0.4) is 0 Å². The number of hydrogen-bond donors (Lipinski definition) is 3. The molecule has 0 unspecified atom stereocenters. The molecule has 5 nitrogen and oxygen atoms in total. The predicted octanol–water partition coefficient (Wildman–Crippen LogP) is 0.984. The van der Waals surface area contributed by atoms with Gasteiger partial charge in [-0.15, -0.1) is 11.3 Å². The fraction of sp³-hybridized carbons (Fsp3) is 0.538. The van der Waals surface area contributed by atoms with E-state index in [2.05, 4.69) is 22.9 Å². The van der Waals surface area contributed by atoms with Gasteiger partial charge < -0.3 is 16.0 Å². The van der Waals surface area contributed by atoms with Gasteiger partial charge in [-0.1, -0.05) is 13.0 Å². The molecule has 3 N–H and O–H groups in total. The summed E-state index contributed by atoms with van der Waals surface area (Å²) in [5.74, 6) is -0.155. The largest absolute Gasteiger partial charge is 0.355 e. The van der Waals surface area contributed by atoms with Gasteiger partial charge in [0.05, 0.1) is 4.88 Å². The normalized spacial score (nSPS) is 10.2. The Morgan fingerprint density at radius 3 is 2.68 bits per heavy atom. The predicted molar refractivity (Wildman–Crippen MR) is 77.4 cm³/mol. The number of carbonyl (C=O) groups excluding carboxylic acids is 2. The molecule has 0 aliphatic heterocycles. The highest BCUT2D eigenvalue weighted by Gasteiger charge is 2.06. The summed E-state index contributed by atoms with van der Waals surface area (Å²) < 4.78 is 0. The highest BCUT2D eigenvalue weighted by Crippen LogP contribution is 2.07. The van der Waals surface area contributed by atoms with Gasteiger partial charge in [0.1, 0.15) is 0 Å². The maximum Gasteiger partial charge on any atom is 0.261 e. The summed E-state index contributed by atoms with van der Waals surface area (Å²) in [6.45, 7) is 4.83. The lowest BCUT2D eigenvalue weighted by molar-refractivity contribution is -0.120. The van der Waals surface area contributed by atoms with Gasteiger partial charge in [-0.05, 0) is 24.4 Å². The number of amides is 2. The number of rotatable bonds is 9. The van der Waals surface area contributed by atoms with Crippen LogP contribution in [0.15, 0.2) is 17.5 Å². The Balaban J connectivity index is 2.02. The molecule has 0 fully saturated rings. The van der Waals surface area contributed by atoms with Crippen molar-refractivity contribution in [2.45, 2.75) is 19.8 Å². The van der Waals surface area contributed by atoms with Crippen molar-refractivity contribution in [3.05, 3.63) is 22.4 Å². The van der Waals surface area contributed by atoms with Gasteiger partial charge in [-0.2, -0.15) is 0 Å². The van der Waals surface area contributed by atoms with Crippen LogP contribution in [0, 0.1) is 0 Å². The van der Waals surface area contributed by atoms with Crippen LogP contribution in [-0.2, 0) is 4.79 Å². The van der Waals surface area contributed by atoms with Crippen LogP contribution < -0.4 is 16.0 Å². The summed E-state index contributed by atoms with van der Waals surface area (Å²) in [6, 6.07) is 3.59. The Bertz CT molecular complexity index is 379. The van der Waals surface area contributed by atoms with Gasteiger partial charge in [-0.3, -0.25) is 9.59 Å². The van der Waals surface area contributed by atoms with E-state index in [1.807, 2.05) is 11.4 Å². The van der Waals surface area contributed by atoms with E-state index in [-0.39, 0.29) is 11.8 Å². The van der Waals surface area contributed by atoms with Gasteiger partial charge in [0, 0.05) is 26.1 Å². The molecule has 6 heteroatoms. The second kappa shape index (κ2) is 9.52. The Labute approximate surface area is 117 Å². The molecule has 0 bridgehead atoms. The summed E-state index contributed by atoms with van der Waals surface area (Å²) in [5, 5.41) is 10.6. The molecule has 1 aromatic rings.